The van der Waals surface area contributed by atoms with Crippen molar-refractivity contribution >= 4 is 21.5 Å². The van der Waals surface area contributed by atoms with Crippen LogP contribution in [0.4, 0.5) is 0 Å². The molecule has 0 aliphatic heterocycles. The summed E-state index contributed by atoms with van der Waals surface area (Å²) in [5.74, 6) is 0. The molecule has 0 fully saturated rings. The Morgan fingerprint density at radius 3 is 2.53 bits per heavy atom. The number of rotatable bonds is 2. The van der Waals surface area contributed by atoms with Crippen molar-refractivity contribution in [2.45, 2.75) is 24.1 Å². The molecule has 1 aliphatic carbocycles. The van der Waals surface area contributed by atoms with E-state index in [0.717, 1.165) is 12.8 Å². The minimum absolute atomic E-state index is 0.186. The summed E-state index contributed by atoms with van der Waals surface area (Å²) in [5, 5.41) is 0. The standard InChI is InChI=1S/C14H15Br/c1-2-14(15)10-8-13(9-11-14)12-6-4-3-5-7-12/h3-10H,2,11H2,1H3. The normalized spacial score (nSPS) is 25.1. The lowest BCUT2D eigenvalue weighted by atomic mass is 9.91. The highest BCUT2D eigenvalue weighted by Gasteiger charge is 2.22. The van der Waals surface area contributed by atoms with Crippen LogP contribution in [-0.2, 0) is 0 Å². The van der Waals surface area contributed by atoms with Crippen LogP contribution in [0.1, 0.15) is 25.3 Å². The molecule has 15 heavy (non-hydrogen) atoms. The predicted molar refractivity (Wildman–Crippen MR) is 70.1 cm³/mol. The largest absolute Gasteiger partial charge is 0.0804 e. The van der Waals surface area contributed by atoms with Gasteiger partial charge in [-0.1, -0.05) is 71.4 Å². The summed E-state index contributed by atoms with van der Waals surface area (Å²) < 4.78 is 0.186. The van der Waals surface area contributed by atoms with Gasteiger partial charge in [-0.05, 0) is 24.0 Å². The third-order valence-corrected chi connectivity index (χ3v) is 4.07. The van der Waals surface area contributed by atoms with E-state index in [1.807, 2.05) is 0 Å². The van der Waals surface area contributed by atoms with E-state index in [2.05, 4.69) is 71.4 Å². The zero-order chi connectivity index (χ0) is 10.7. The summed E-state index contributed by atoms with van der Waals surface area (Å²) in [6.45, 7) is 2.21. The fraction of sp³-hybridized carbons (Fsp3) is 0.286. The highest BCUT2D eigenvalue weighted by Crippen LogP contribution is 2.35. The smallest absolute Gasteiger partial charge is 0.0472 e. The maximum Gasteiger partial charge on any atom is 0.0472 e. The van der Waals surface area contributed by atoms with Crippen LogP contribution < -0.4 is 0 Å². The summed E-state index contributed by atoms with van der Waals surface area (Å²) >= 11 is 3.76. The van der Waals surface area contributed by atoms with Crippen LogP contribution in [0, 0.1) is 0 Å². The molecule has 0 heterocycles. The zero-order valence-electron chi connectivity index (χ0n) is 8.91. The van der Waals surface area contributed by atoms with Crippen LogP contribution in [0.15, 0.2) is 48.6 Å². The van der Waals surface area contributed by atoms with Crippen LogP contribution in [0.2, 0.25) is 0 Å². The number of hydrogen-bond donors (Lipinski definition) is 0. The Morgan fingerprint density at radius 1 is 1.27 bits per heavy atom. The molecule has 0 N–H and O–H groups in total. The molecule has 0 saturated heterocycles. The van der Waals surface area contributed by atoms with Gasteiger partial charge >= 0.3 is 0 Å². The number of benzene rings is 1. The third-order valence-electron chi connectivity index (χ3n) is 2.92. The van der Waals surface area contributed by atoms with Crippen molar-refractivity contribution in [3.8, 4) is 0 Å². The molecule has 1 heteroatoms. The Kier molecular flexibility index (Phi) is 3.11. The van der Waals surface area contributed by atoms with Crippen LogP contribution in [0.3, 0.4) is 0 Å². The molecular weight excluding hydrogens is 248 g/mol. The van der Waals surface area contributed by atoms with Gasteiger partial charge in [-0.2, -0.15) is 0 Å². The summed E-state index contributed by atoms with van der Waals surface area (Å²) in [7, 11) is 0. The minimum atomic E-state index is 0.186. The monoisotopic (exact) mass is 262 g/mol. The van der Waals surface area contributed by atoms with Crippen LogP contribution >= 0.6 is 15.9 Å². The summed E-state index contributed by atoms with van der Waals surface area (Å²) in [6, 6.07) is 10.5. The van der Waals surface area contributed by atoms with Gasteiger partial charge < -0.3 is 0 Å². The zero-order valence-corrected chi connectivity index (χ0v) is 10.5. The molecule has 1 aliphatic rings. The quantitative estimate of drug-likeness (QED) is 0.685. The predicted octanol–water partition coefficient (Wildman–Crippen LogP) is 4.57. The van der Waals surface area contributed by atoms with E-state index < -0.39 is 0 Å². The number of alkyl halides is 1. The van der Waals surface area contributed by atoms with Gasteiger partial charge in [-0.15, -0.1) is 0 Å². The molecule has 78 valence electrons. The molecular formula is C14H15Br. The SMILES string of the molecule is CCC1(Br)C=CC(c2ccccc2)=CC1. The van der Waals surface area contributed by atoms with Crippen molar-refractivity contribution in [3.05, 3.63) is 54.1 Å². The van der Waals surface area contributed by atoms with E-state index in [4.69, 9.17) is 0 Å². The lowest BCUT2D eigenvalue weighted by Crippen LogP contribution is -2.16. The van der Waals surface area contributed by atoms with Crippen molar-refractivity contribution in [1.82, 2.24) is 0 Å². The van der Waals surface area contributed by atoms with Crippen LogP contribution in [-0.4, -0.2) is 4.32 Å². The van der Waals surface area contributed by atoms with Crippen molar-refractivity contribution in [1.29, 1.82) is 0 Å². The van der Waals surface area contributed by atoms with E-state index in [9.17, 15) is 0 Å². The van der Waals surface area contributed by atoms with Gasteiger partial charge in [-0.25, -0.2) is 0 Å². The van der Waals surface area contributed by atoms with Crippen LogP contribution in [0.5, 0.6) is 0 Å². The lowest BCUT2D eigenvalue weighted by Gasteiger charge is -2.24. The first kappa shape index (κ1) is 10.7. The number of hydrogen-bond acceptors (Lipinski definition) is 0. The van der Waals surface area contributed by atoms with Crippen molar-refractivity contribution in [2.24, 2.45) is 0 Å². The highest BCUT2D eigenvalue weighted by molar-refractivity contribution is 9.10. The first-order chi connectivity index (χ1) is 7.23. The van der Waals surface area contributed by atoms with Gasteiger partial charge in [0.25, 0.3) is 0 Å². The molecule has 0 radical (unpaired) electrons. The minimum Gasteiger partial charge on any atom is -0.0804 e. The highest BCUT2D eigenvalue weighted by atomic mass is 79.9. The molecule has 0 aromatic heterocycles. The Labute approximate surface area is 99.8 Å². The average Bonchev–Trinajstić information content (AvgIpc) is 2.31. The fourth-order valence-electron chi connectivity index (χ4n) is 1.76. The number of allylic oxidation sites excluding steroid dienone is 4. The van der Waals surface area contributed by atoms with Crippen molar-refractivity contribution in [2.75, 3.05) is 0 Å². The molecule has 0 saturated carbocycles. The molecule has 2 rings (SSSR count). The van der Waals surface area contributed by atoms with Gasteiger partial charge in [0.05, 0.1) is 0 Å². The molecule has 1 unspecified atom stereocenters. The maximum atomic E-state index is 3.76. The van der Waals surface area contributed by atoms with Crippen molar-refractivity contribution in [3.63, 3.8) is 0 Å². The van der Waals surface area contributed by atoms with Crippen LogP contribution in [0.25, 0.3) is 5.57 Å². The Morgan fingerprint density at radius 2 is 2.00 bits per heavy atom. The Hall–Kier alpha value is -0.820. The first-order valence-electron chi connectivity index (χ1n) is 5.37. The van der Waals surface area contributed by atoms with E-state index in [1.54, 1.807) is 0 Å². The molecule has 0 amide bonds. The lowest BCUT2D eigenvalue weighted by molar-refractivity contribution is 0.705. The second kappa shape index (κ2) is 4.36. The molecule has 1 aromatic carbocycles. The van der Waals surface area contributed by atoms with Gasteiger partial charge in [0.15, 0.2) is 0 Å². The van der Waals surface area contributed by atoms with Gasteiger partial charge in [0.2, 0.25) is 0 Å². The third kappa shape index (κ3) is 2.40. The fourth-order valence-corrected chi connectivity index (χ4v) is 2.06. The average molecular weight is 263 g/mol. The molecule has 0 bridgehead atoms. The molecule has 1 aromatic rings. The second-order valence-electron chi connectivity index (χ2n) is 3.95. The van der Waals surface area contributed by atoms with E-state index in [-0.39, 0.29) is 4.32 Å². The van der Waals surface area contributed by atoms with E-state index in [0.29, 0.717) is 0 Å². The summed E-state index contributed by atoms with van der Waals surface area (Å²) in [4.78, 5) is 0. The first-order valence-corrected chi connectivity index (χ1v) is 6.16. The Balaban J connectivity index is 2.20. The second-order valence-corrected chi connectivity index (χ2v) is 5.53. The number of halogens is 1. The van der Waals surface area contributed by atoms with Gasteiger partial charge in [-0.3, -0.25) is 0 Å². The topological polar surface area (TPSA) is 0 Å². The summed E-state index contributed by atoms with van der Waals surface area (Å²) in [5.41, 5.74) is 2.64. The molecule has 0 nitrogen and oxygen atoms in total. The van der Waals surface area contributed by atoms with E-state index >= 15 is 0 Å². The summed E-state index contributed by atoms with van der Waals surface area (Å²) in [6.07, 6.45) is 9.01. The van der Waals surface area contributed by atoms with E-state index in [1.165, 1.54) is 11.1 Å². The molecule has 0 spiro atoms. The van der Waals surface area contributed by atoms with Gasteiger partial charge in [0.1, 0.15) is 0 Å². The molecule has 1 atom stereocenters. The van der Waals surface area contributed by atoms with Crippen molar-refractivity contribution < 1.29 is 0 Å². The maximum absolute atomic E-state index is 3.76. The van der Waals surface area contributed by atoms with Gasteiger partial charge in [0, 0.05) is 4.32 Å². The Bertz CT molecular complexity index is 389.